The van der Waals surface area contributed by atoms with Crippen LogP contribution in [0.5, 0.6) is 5.75 Å². The molecule has 0 aliphatic heterocycles. The highest BCUT2D eigenvalue weighted by molar-refractivity contribution is 5.86. The van der Waals surface area contributed by atoms with Gasteiger partial charge in [0.15, 0.2) is 0 Å². The van der Waals surface area contributed by atoms with Gasteiger partial charge in [-0.3, -0.25) is 9.78 Å². The number of pyridine rings is 1. The molecular formula is C24H23ClN2O3. The molecule has 4 aromatic rings. The highest BCUT2D eigenvalue weighted by Gasteiger charge is 2.12. The van der Waals surface area contributed by atoms with Gasteiger partial charge >= 0.3 is 5.97 Å². The normalized spacial score (nSPS) is 10.7. The van der Waals surface area contributed by atoms with Crippen molar-refractivity contribution in [3.8, 4) is 11.4 Å². The molecule has 2 heterocycles. The first-order valence-corrected chi connectivity index (χ1v) is 9.64. The largest absolute Gasteiger partial charge is 0.508 e. The monoisotopic (exact) mass is 422 g/mol. The van der Waals surface area contributed by atoms with E-state index in [1.54, 1.807) is 18.3 Å². The standard InChI is InChI=1S/C24H22N2O3.ClH/c27-21-10-8-20(9-11-21)26-16-18(6-7-19-3-1-2-14-25-19)22-15-17(4-12-23(22)26)5-13-24(28)29;/h1-4,8-12,14-16,27H,5-7,13H2,(H,28,29);1H. The molecule has 0 fully saturated rings. The molecule has 2 aromatic carbocycles. The highest BCUT2D eigenvalue weighted by atomic mass is 35.5. The summed E-state index contributed by atoms with van der Waals surface area (Å²) in [6, 6.07) is 19.2. The molecule has 0 amide bonds. The van der Waals surface area contributed by atoms with Gasteiger partial charge in [-0.25, -0.2) is 0 Å². The Balaban J connectivity index is 0.00000256. The van der Waals surface area contributed by atoms with Gasteiger partial charge in [0.05, 0.1) is 5.52 Å². The molecule has 0 spiro atoms. The number of aliphatic carboxylic acids is 1. The minimum absolute atomic E-state index is 0. The minimum atomic E-state index is -0.790. The molecule has 30 heavy (non-hydrogen) atoms. The molecule has 0 saturated carbocycles. The van der Waals surface area contributed by atoms with Crippen LogP contribution in [0.4, 0.5) is 0 Å². The fourth-order valence-corrected chi connectivity index (χ4v) is 3.59. The quantitative estimate of drug-likeness (QED) is 0.441. The molecule has 0 aliphatic rings. The van der Waals surface area contributed by atoms with Crippen LogP contribution in [0.25, 0.3) is 16.6 Å². The maximum absolute atomic E-state index is 10.9. The molecular weight excluding hydrogens is 400 g/mol. The van der Waals surface area contributed by atoms with Gasteiger partial charge in [-0.1, -0.05) is 12.1 Å². The molecule has 5 nitrogen and oxygen atoms in total. The molecule has 0 aliphatic carbocycles. The van der Waals surface area contributed by atoms with Gasteiger partial charge in [-0.05, 0) is 78.9 Å². The Bertz CT molecular complexity index is 1140. The summed E-state index contributed by atoms with van der Waals surface area (Å²) in [5.74, 6) is -0.557. The van der Waals surface area contributed by atoms with Gasteiger partial charge in [0.2, 0.25) is 0 Å². The first-order valence-electron chi connectivity index (χ1n) is 9.64. The molecule has 4 rings (SSSR count). The number of benzene rings is 2. The predicted octanol–water partition coefficient (Wildman–Crippen LogP) is 4.96. The topological polar surface area (TPSA) is 75.3 Å². The van der Waals surface area contributed by atoms with E-state index >= 15 is 0 Å². The first-order chi connectivity index (χ1) is 14.1. The summed E-state index contributed by atoms with van der Waals surface area (Å²) >= 11 is 0. The number of fused-ring (bicyclic) bond motifs is 1. The summed E-state index contributed by atoms with van der Waals surface area (Å²) in [6.45, 7) is 0. The number of carboxylic acid groups (broad SMARTS) is 1. The zero-order chi connectivity index (χ0) is 20.2. The van der Waals surface area contributed by atoms with Gasteiger partial charge in [0.1, 0.15) is 5.75 Å². The Labute approximate surface area is 181 Å². The van der Waals surface area contributed by atoms with Crippen molar-refractivity contribution in [1.82, 2.24) is 9.55 Å². The Kier molecular flexibility index (Phi) is 6.75. The number of carboxylic acids is 1. The van der Waals surface area contributed by atoms with Crippen LogP contribution < -0.4 is 0 Å². The fourth-order valence-electron chi connectivity index (χ4n) is 3.59. The van der Waals surface area contributed by atoms with Crippen LogP contribution in [0.15, 0.2) is 73.1 Å². The van der Waals surface area contributed by atoms with Crippen molar-refractivity contribution in [2.75, 3.05) is 0 Å². The van der Waals surface area contributed by atoms with Gasteiger partial charge in [-0.2, -0.15) is 0 Å². The van der Waals surface area contributed by atoms with E-state index < -0.39 is 5.97 Å². The van der Waals surface area contributed by atoms with Gasteiger partial charge in [0, 0.05) is 35.6 Å². The zero-order valence-electron chi connectivity index (χ0n) is 16.4. The number of aromatic hydroxyl groups is 1. The number of hydrogen-bond donors (Lipinski definition) is 2. The van der Waals surface area contributed by atoms with Crippen LogP contribution in [0.3, 0.4) is 0 Å². The van der Waals surface area contributed by atoms with E-state index in [0.29, 0.717) is 6.42 Å². The molecule has 6 heteroatoms. The lowest BCUT2D eigenvalue weighted by Gasteiger charge is -2.06. The number of nitrogens with zero attached hydrogens (tertiary/aromatic N) is 2. The molecule has 0 atom stereocenters. The molecule has 0 saturated heterocycles. The van der Waals surface area contributed by atoms with E-state index in [2.05, 4.69) is 21.8 Å². The van der Waals surface area contributed by atoms with Crippen molar-refractivity contribution in [2.24, 2.45) is 0 Å². The van der Waals surface area contributed by atoms with Crippen molar-refractivity contribution in [3.63, 3.8) is 0 Å². The number of aryl methyl sites for hydroxylation is 3. The number of carbonyl (C=O) groups is 1. The van der Waals surface area contributed by atoms with Gasteiger partial charge in [-0.15, -0.1) is 12.4 Å². The van der Waals surface area contributed by atoms with E-state index in [4.69, 9.17) is 5.11 Å². The molecule has 2 aromatic heterocycles. The minimum Gasteiger partial charge on any atom is -0.508 e. The maximum Gasteiger partial charge on any atom is 0.303 e. The Morgan fingerprint density at radius 2 is 1.77 bits per heavy atom. The van der Waals surface area contributed by atoms with Crippen molar-refractivity contribution in [1.29, 1.82) is 0 Å². The van der Waals surface area contributed by atoms with Crippen molar-refractivity contribution >= 4 is 29.3 Å². The van der Waals surface area contributed by atoms with Crippen molar-refractivity contribution < 1.29 is 15.0 Å². The Morgan fingerprint density at radius 1 is 0.967 bits per heavy atom. The summed E-state index contributed by atoms with van der Waals surface area (Å²) in [7, 11) is 0. The summed E-state index contributed by atoms with van der Waals surface area (Å²) in [4.78, 5) is 15.4. The highest BCUT2D eigenvalue weighted by Crippen LogP contribution is 2.28. The number of hydrogen-bond acceptors (Lipinski definition) is 3. The lowest BCUT2D eigenvalue weighted by atomic mass is 10.0. The zero-order valence-corrected chi connectivity index (χ0v) is 17.2. The van der Waals surface area contributed by atoms with E-state index in [0.717, 1.165) is 40.7 Å². The Morgan fingerprint density at radius 3 is 2.47 bits per heavy atom. The second-order valence-electron chi connectivity index (χ2n) is 7.11. The van der Waals surface area contributed by atoms with Crippen LogP contribution in [-0.2, 0) is 24.1 Å². The van der Waals surface area contributed by atoms with E-state index in [-0.39, 0.29) is 24.6 Å². The number of phenolic OH excluding ortho intramolecular Hbond substituents is 1. The molecule has 0 unspecified atom stereocenters. The summed E-state index contributed by atoms with van der Waals surface area (Å²) in [5.41, 5.74) is 5.28. The average Bonchev–Trinajstić information content (AvgIpc) is 3.10. The summed E-state index contributed by atoms with van der Waals surface area (Å²) < 4.78 is 2.11. The van der Waals surface area contributed by atoms with Gasteiger partial charge in [0.25, 0.3) is 0 Å². The fraction of sp³-hybridized carbons (Fsp3) is 0.167. The molecule has 154 valence electrons. The number of halogens is 1. The molecule has 0 radical (unpaired) electrons. The second kappa shape index (κ2) is 9.46. The van der Waals surface area contributed by atoms with Crippen molar-refractivity contribution in [2.45, 2.75) is 25.7 Å². The molecule has 2 N–H and O–H groups in total. The molecule has 0 bridgehead atoms. The van der Waals surface area contributed by atoms with E-state index in [1.807, 2.05) is 42.5 Å². The first kappa shape index (κ1) is 21.4. The van der Waals surface area contributed by atoms with Crippen molar-refractivity contribution in [3.05, 3.63) is 89.9 Å². The third-order valence-electron chi connectivity index (χ3n) is 5.08. The summed E-state index contributed by atoms with van der Waals surface area (Å²) in [6.07, 6.45) is 6.22. The van der Waals surface area contributed by atoms with E-state index in [1.165, 1.54) is 5.56 Å². The maximum atomic E-state index is 10.9. The SMILES string of the molecule is Cl.O=C(O)CCc1ccc2c(c1)c(CCc1ccccn1)cn2-c1ccc(O)cc1. The summed E-state index contributed by atoms with van der Waals surface area (Å²) in [5, 5.41) is 19.7. The number of aromatic nitrogens is 2. The third kappa shape index (κ3) is 4.81. The smallest absolute Gasteiger partial charge is 0.303 e. The van der Waals surface area contributed by atoms with Crippen LogP contribution in [-0.4, -0.2) is 25.7 Å². The van der Waals surface area contributed by atoms with Crippen LogP contribution in [0, 0.1) is 0 Å². The predicted molar refractivity (Wildman–Crippen MR) is 120 cm³/mol. The van der Waals surface area contributed by atoms with Crippen LogP contribution >= 0.6 is 12.4 Å². The number of rotatable bonds is 7. The number of phenols is 1. The third-order valence-corrected chi connectivity index (χ3v) is 5.08. The lowest BCUT2D eigenvalue weighted by molar-refractivity contribution is -0.136. The van der Waals surface area contributed by atoms with Gasteiger partial charge < -0.3 is 14.8 Å². The second-order valence-corrected chi connectivity index (χ2v) is 7.11. The lowest BCUT2D eigenvalue weighted by Crippen LogP contribution is -1.97. The average molecular weight is 423 g/mol. The Hall–Kier alpha value is -3.31. The van der Waals surface area contributed by atoms with Crippen LogP contribution in [0.1, 0.15) is 23.2 Å². The van der Waals surface area contributed by atoms with E-state index in [9.17, 15) is 9.90 Å². The van der Waals surface area contributed by atoms with Crippen LogP contribution in [0.2, 0.25) is 0 Å².